The smallest absolute Gasteiger partial charge is 0.331 e. The van der Waals surface area contributed by atoms with Gasteiger partial charge in [-0.3, -0.25) is 33.9 Å². The lowest BCUT2D eigenvalue weighted by Crippen LogP contribution is -2.45. The third-order valence-corrected chi connectivity index (χ3v) is 3.78. The van der Waals surface area contributed by atoms with Crippen LogP contribution in [0.15, 0.2) is 0 Å². The molecule has 0 aliphatic heterocycles. The van der Waals surface area contributed by atoms with Gasteiger partial charge >= 0.3 is 29.8 Å². The SMILES string of the molecule is COC(=O)CN(CCN(CCN(CC(=O)O)CC(=O)OS)CC(=O)O)CC(=O)O. The molecule has 0 fully saturated rings. The van der Waals surface area contributed by atoms with Crippen LogP contribution in [0.1, 0.15) is 0 Å². The zero-order valence-electron chi connectivity index (χ0n) is 15.9. The normalized spacial score (nSPS) is 10.9. The maximum absolute atomic E-state index is 11.4. The highest BCUT2D eigenvalue weighted by atomic mass is 32.1. The van der Waals surface area contributed by atoms with Crippen molar-refractivity contribution in [1.82, 2.24) is 14.7 Å². The average Bonchev–Trinajstić information content (AvgIpc) is 2.61. The van der Waals surface area contributed by atoms with Crippen molar-refractivity contribution in [3.8, 4) is 0 Å². The highest BCUT2D eigenvalue weighted by Crippen LogP contribution is 1.98. The van der Waals surface area contributed by atoms with E-state index in [4.69, 9.17) is 15.3 Å². The Bertz CT molecular complexity index is 547. The molecule has 14 heteroatoms. The van der Waals surface area contributed by atoms with Crippen LogP contribution in [0.3, 0.4) is 0 Å². The molecular formula is C15H25N3O10S. The third-order valence-electron chi connectivity index (χ3n) is 3.58. The Morgan fingerprint density at radius 1 is 0.655 bits per heavy atom. The van der Waals surface area contributed by atoms with E-state index in [-0.39, 0.29) is 39.3 Å². The predicted octanol–water partition coefficient (Wildman–Crippen LogP) is -2.29. The number of hydrogen-bond donors (Lipinski definition) is 4. The van der Waals surface area contributed by atoms with E-state index in [1.54, 1.807) is 0 Å². The van der Waals surface area contributed by atoms with E-state index in [0.717, 1.165) is 7.11 Å². The van der Waals surface area contributed by atoms with Crippen molar-refractivity contribution >= 4 is 42.8 Å². The number of aliphatic carboxylic acids is 3. The summed E-state index contributed by atoms with van der Waals surface area (Å²) in [6.07, 6.45) is 0. The standard InChI is InChI=1S/C15H25N3O10S/c1-27-14(25)9-17(7-12(21)22)4-2-16(6-11(19)20)3-5-18(8-13(23)24)10-15(26)28-29/h29H,2-10H2,1H3,(H,19,20)(H,21,22)(H,23,24). The molecule has 0 amide bonds. The number of carbonyl (C=O) groups excluding carboxylic acids is 2. The number of esters is 1. The van der Waals surface area contributed by atoms with Gasteiger partial charge in [-0.15, -0.1) is 0 Å². The number of thiol groups is 1. The van der Waals surface area contributed by atoms with Crippen LogP contribution in [0.4, 0.5) is 0 Å². The van der Waals surface area contributed by atoms with E-state index in [1.165, 1.54) is 14.7 Å². The van der Waals surface area contributed by atoms with Gasteiger partial charge in [-0.2, -0.15) is 0 Å². The lowest BCUT2D eigenvalue weighted by molar-refractivity contribution is -0.145. The predicted molar refractivity (Wildman–Crippen MR) is 99.3 cm³/mol. The summed E-state index contributed by atoms with van der Waals surface area (Å²) >= 11 is 3.35. The van der Waals surface area contributed by atoms with Gasteiger partial charge in [0.05, 0.1) is 39.8 Å². The number of carbonyl (C=O) groups is 5. The summed E-state index contributed by atoms with van der Waals surface area (Å²) in [7, 11) is 1.16. The van der Waals surface area contributed by atoms with E-state index < -0.39 is 49.5 Å². The second kappa shape index (κ2) is 14.6. The largest absolute Gasteiger partial charge is 0.480 e. The number of carboxylic acids is 3. The Labute approximate surface area is 172 Å². The van der Waals surface area contributed by atoms with Gasteiger partial charge in [0.15, 0.2) is 0 Å². The van der Waals surface area contributed by atoms with Gasteiger partial charge in [0.25, 0.3) is 0 Å². The summed E-state index contributed by atoms with van der Waals surface area (Å²) in [4.78, 5) is 59.6. The van der Waals surface area contributed by atoms with Gasteiger partial charge in [-0.25, -0.2) is 4.79 Å². The maximum atomic E-state index is 11.4. The van der Waals surface area contributed by atoms with Crippen molar-refractivity contribution in [2.24, 2.45) is 0 Å². The Balaban J connectivity index is 4.95. The molecule has 0 aromatic rings. The minimum atomic E-state index is -1.19. The minimum absolute atomic E-state index is 0.0262. The van der Waals surface area contributed by atoms with Gasteiger partial charge in [-0.1, -0.05) is 0 Å². The molecule has 0 heterocycles. The van der Waals surface area contributed by atoms with E-state index in [9.17, 15) is 24.0 Å². The Kier molecular flexibility index (Phi) is 13.3. The first-order valence-electron chi connectivity index (χ1n) is 8.30. The van der Waals surface area contributed by atoms with Gasteiger partial charge in [-0.05, 0) is 0 Å². The molecule has 0 aromatic heterocycles. The number of hydrogen-bond acceptors (Lipinski definition) is 11. The van der Waals surface area contributed by atoms with Crippen LogP contribution in [0.5, 0.6) is 0 Å². The van der Waals surface area contributed by atoms with Crippen molar-refractivity contribution in [3.63, 3.8) is 0 Å². The zero-order chi connectivity index (χ0) is 22.4. The molecule has 3 N–H and O–H groups in total. The Morgan fingerprint density at radius 2 is 1.00 bits per heavy atom. The lowest BCUT2D eigenvalue weighted by Gasteiger charge is -2.27. The second-order valence-corrected chi connectivity index (χ2v) is 6.10. The van der Waals surface area contributed by atoms with Crippen molar-refractivity contribution in [3.05, 3.63) is 0 Å². The molecule has 0 atom stereocenters. The molecule has 0 rings (SSSR count). The average molecular weight is 439 g/mol. The molecule has 0 saturated carbocycles. The van der Waals surface area contributed by atoms with Crippen LogP contribution in [0, 0.1) is 0 Å². The van der Waals surface area contributed by atoms with Crippen molar-refractivity contribution in [1.29, 1.82) is 0 Å². The molecule has 0 radical (unpaired) electrons. The summed E-state index contributed by atoms with van der Waals surface area (Å²) < 4.78 is 8.71. The summed E-state index contributed by atoms with van der Waals surface area (Å²) in [6.45, 7) is -1.76. The monoisotopic (exact) mass is 439 g/mol. The van der Waals surface area contributed by atoms with E-state index in [1.807, 2.05) is 0 Å². The van der Waals surface area contributed by atoms with Crippen molar-refractivity contribution < 1.29 is 48.2 Å². The van der Waals surface area contributed by atoms with Crippen LogP contribution in [0.25, 0.3) is 0 Å². The molecule has 166 valence electrons. The van der Waals surface area contributed by atoms with Crippen molar-refractivity contribution in [2.45, 2.75) is 0 Å². The Hall–Kier alpha value is -2.42. The number of nitrogens with zero attached hydrogens (tertiary/aromatic N) is 3. The highest BCUT2D eigenvalue weighted by Gasteiger charge is 2.20. The zero-order valence-corrected chi connectivity index (χ0v) is 16.7. The third kappa shape index (κ3) is 14.3. The summed E-state index contributed by atoms with van der Waals surface area (Å²) in [6, 6.07) is 0. The number of ether oxygens (including phenoxy) is 1. The molecule has 0 spiro atoms. The minimum Gasteiger partial charge on any atom is -0.480 e. The van der Waals surface area contributed by atoms with Gasteiger partial charge in [0, 0.05) is 39.1 Å². The molecule has 0 unspecified atom stereocenters. The summed E-state index contributed by atoms with van der Waals surface area (Å²) in [5.41, 5.74) is 0. The highest BCUT2D eigenvalue weighted by molar-refractivity contribution is 7.75. The van der Waals surface area contributed by atoms with E-state index >= 15 is 0 Å². The lowest BCUT2D eigenvalue weighted by atomic mass is 10.3. The van der Waals surface area contributed by atoms with E-state index in [2.05, 4.69) is 21.8 Å². The maximum Gasteiger partial charge on any atom is 0.331 e. The fraction of sp³-hybridized carbons (Fsp3) is 0.667. The van der Waals surface area contributed by atoms with Crippen LogP contribution in [0.2, 0.25) is 0 Å². The molecule has 0 aliphatic carbocycles. The fourth-order valence-corrected chi connectivity index (χ4v) is 2.35. The van der Waals surface area contributed by atoms with E-state index in [0.29, 0.717) is 0 Å². The van der Waals surface area contributed by atoms with Gasteiger partial charge < -0.3 is 24.2 Å². The van der Waals surface area contributed by atoms with Crippen molar-refractivity contribution in [2.75, 3.05) is 66.0 Å². The van der Waals surface area contributed by atoms with Crippen LogP contribution < -0.4 is 0 Å². The first kappa shape index (κ1) is 26.6. The Morgan fingerprint density at radius 3 is 1.34 bits per heavy atom. The first-order chi connectivity index (χ1) is 13.6. The van der Waals surface area contributed by atoms with Gasteiger partial charge in [0.2, 0.25) is 0 Å². The van der Waals surface area contributed by atoms with Gasteiger partial charge in [0.1, 0.15) is 0 Å². The number of methoxy groups -OCH3 is 1. The van der Waals surface area contributed by atoms with Crippen LogP contribution in [-0.2, 0) is 32.9 Å². The fourth-order valence-electron chi connectivity index (χ4n) is 2.30. The molecule has 13 nitrogen and oxygen atoms in total. The van der Waals surface area contributed by atoms with Crippen LogP contribution in [-0.4, -0.2) is 126 Å². The first-order valence-corrected chi connectivity index (χ1v) is 8.67. The molecule has 0 bridgehead atoms. The molecular weight excluding hydrogens is 414 g/mol. The quantitative estimate of drug-likeness (QED) is 0.115. The topological polar surface area (TPSA) is 174 Å². The molecule has 0 aromatic carbocycles. The summed E-state index contributed by atoms with van der Waals surface area (Å²) in [5, 5.41) is 26.9. The molecule has 0 aliphatic rings. The summed E-state index contributed by atoms with van der Waals surface area (Å²) in [5.74, 6) is -4.93. The number of rotatable bonds is 16. The van der Waals surface area contributed by atoms with Crippen LogP contribution >= 0.6 is 12.9 Å². The number of carboxylic acid groups (broad SMARTS) is 3. The molecule has 0 saturated heterocycles. The second-order valence-electron chi connectivity index (χ2n) is 5.92. The molecule has 29 heavy (non-hydrogen) atoms.